The molecule has 1 aliphatic heterocycles. The Hall–Kier alpha value is -0.860. The van der Waals surface area contributed by atoms with Crippen LogP contribution < -0.4 is 5.73 Å². The monoisotopic (exact) mass is 274 g/mol. The van der Waals surface area contributed by atoms with Crippen LogP contribution in [0.4, 0.5) is 0 Å². The van der Waals surface area contributed by atoms with E-state index in [0.29, 0.717) is 18.0 Å². The minimum atomic E-state index is 0.399. The second kappa shape index (κ2) is 7.24. The summed E-state index contributed by atoms with van der Waals surface area (Å²) in [5.74, 6) is 0.660. The number of piperidine rings is 1. The zero-order valence-corrected chi connectivity index (χ0v) is 13.3. The number of rotatable bonds is 5. The predicted octanol–water partition coefficient (Wildman–Crippen LogP) is 3.76. The topological polar surface area (TPSA) is 29.3 Å². The van der Waals surface area contributed by atoms with E-state index in [1.54, 1.807) is 0 Å². The van der Waals surface area contributed by atoms with Gasteiger partial charge in [-0.1, -0.05) is 51.5 Å². The summed E-state index contributed by atoms with van der Waals surface area (Å²) in [6.07, 6.45) is 4.63. The fourth-order valence-electron chi connectivity index (χ4n) is 3.47. The van der Waals surface area contributed by atoms with Gasteiger partial charge < -0.3 is 5.73 Å². The maximum Gasteiger partial charge on any atom is 0.0345 e. The molecule has 2 rings (SSSR count). The molecule has 1 aromatic rings. The number of benzene rings is 1. The minimum Gasteiger partial charge on any atom is -0.327 e. The van der Waals surface area contributed by atoms with Crippen molar-refractivity contribution in [3.8, 4) is 0 Å². The maximum atomic E-state index is 6.24. The molecule has 1 fully saturated rings. The fourth-order valence-corrected chi connectivity index (χ4v) is 3.47. The first kappa shape index (κ1) is 15.5. The van der Waals surface area contributed by atoms with Gasteiger partial charge in [0.25, 0.3) is 0 Å². The summed E-state index contributed by atoms with van der Waals surface area (Å²) in [5.41, 5.74) is 9.14. The summed E-state index contributed by atoms with van der Waals surface area (Å²) in [4.78, 5) is 2.65. The average Bonchev–Trinajstić information content (AvgIpc) is 2.50. The molecule has 2 nitrogen and oxygen atoms in total. The SMILES string of the molecule is CCc1ccc(C(CC)N2CCC(N)C(CC)C2)cc1. The Morgan fingerprint density at radius 2 is 1.90 bits per heavy atom. The molecule has 1 aliphatic rings. The third-order valence-electron chi connectivity index (χ3n) is 4.95. The third kappa shape index (κ3) is 3.42. The minimum absolute atomic E-state index is 0.399. The van der Waals surface area contributed by atoms with Crippen molar-refractivity contribution in [2.45, 2.75) is 58.5 Å². The van der Waals surface area contributed by atoms with E-state index in [0.717, 1.165) is 25.9 Å². The van der Waals surface area contributed by atoms with Gasteiger partial charge >= 0.3 is 0 Å². The molecule has 0 aliphatic carbocycles. The summed E-state index contributed by atoms with van der Waals surface area (Å²) in [5, 5.41) is 0. The lowest BCUT2D eigenvalue weighted by molar-refractivity contribution is 0.104. The fraction of sp³-hybridized carbons (Fsp3) is 0.667. The molecule has 1 heterocycles. The lowest BCUT2D eigenvalue weighted by Crippen LogP contribution is -2.47. The Balaban J connectivity index is 2.10. The van der Waals surface area contributed by atoms with E-state index in [-0.39, 0.29) is 0 Å². The van der Waals surface area contributed by atoms with E-state index in [1.807, 2.05) is 0 Å². The van der Waals surface area contributed by atoms with Crippen molar-refractivity contribution in [2.24, 2.45) is 11.7 Å². The van der Waals surface area contributed by atoms with E-state index < -0.39 is 0 Å². The van der Waals surface area contributed by atoms with Gasteiger partial charge in [-0.15, -0.1) is 0 Å². The Kier molecular flexibility index (Phi) is 5.62. The Bertz CT molecular complexity index is 398. The molecular weight excluding hydrogens is 244 g/mol. The Morgan fingerprint density at radius 1 is 1.20 bits per heavy atom. The van der Waals surface area contributed by atoms with Crippen LogP contribution in [0.3, 0.4) is 0 Å². The van der Waals surface area contributed by atoms with Gasteiger partial charge in [-0.2, -0.15) is 0 Å². The van der Waals surface area contributed by atoms with Crippen LogP contribution in [0.1, 0.15) is 57.2 Å². The number of nitrogens with zero attached hydrogens (tertiary/aromatic N) is 1. The van der Waals surface area contributed by atoms with Crippen LogP contribution in [0.5, 0.6) is 0 Å². The van der Waals surface area contributed by atoms with Crippen LogP contribution in [0, 0.1) is 5.92 Å². The second-order valence-electron chi connectivity index (χ2n) is 6.13. The zero-order valence-electron chi connectivity index (χ0n) is 13.3. The lowest BCUT2D eigenvalue weighted by atomic mass is 9.88. The van der Waals surface area contributed by atoms with Crippen molar-refractivity contribution in [1.29, 1.82) is 0 Å². The normalized spacial score (nSPS) is 25.6. The predicted molar refractivity (Wildman–Crippen MR) is 86.8 cm³/mol. The van der Waals surface area contributed by atoms with E-state index in [4.69, 9.17) is 5.73 Å². The Labute approximate surface area is 124 Å². The molecule has 0 saturated carbocycles. The van der Waals surface area contributed by atoms with Crippen LogP contribution in [0.25, 0.3) is 0 Å². The number of hydrogen-bond acceptors (Lipinski definition) is 2. The highest BCUT2D eigenvalue weighted by Gasteiger charge is 2.29. The Morgan fingerprint density at radius 3 is 2.45 bits per heavy atom. The van der Waals surface area contributed by atoms with E-state index in [1.165, 1.54) is 24.0 Å². The van der Waals surface area contributed by atoms with Crippen LogP contribution in [-0.2, 0) is 6.42 Å². The van der Waals surface area contributed by atoms with Gasteiger partial charge in [0.1, 0.15) is 0 Å². The first-order valence-corrected chi connectivity index (χ1v) is 8.28. The van der Waals surface area contributed by atoms with Crippen LogP contribution in [-0.4, -0.2) is 24.0 Å². The lowest BCUT2D eigenvalue weighted by Gasteiger charge is -2.41. The highest BCUT2D eigenvalue weighted by Crippen LogP contribution is 2.30. The molecule has 0 spiro atoms. The van der Waals surface area contributed by atoms with E-state index >= 15 is 0 Å². The van der Waals surface area contributed by atoms with Crippen LogP contribution in [0.2, 0.25) is 0 Å². The molecule has 0 radical (unpaired) electrons. The molecule has 0 aromatic heterocycles. The molecule has 2 heteroatoms. The summed E-state index contributed by atoms with van der Waals surface area (Å²) < 4.78 is 0. The highest BCUT2D eigenvalue weighted by atomic mass is 15.2. The van der Waals surface area contributed by atoms with Crippen molar-refractivity contribution < 1.29 is 0 Å². The first-order valence-electron chi connectivity index (χ1n) is 8.28. The van der Waals surface area contributed by atoms with Gasteiger partial charge in [0.2, 0.25) is 0 Å². The maximum absolute atomic E-state index is 6.24. The zero-order chi connectivity index (χ0) is 14.5. The van der Waals surface area contributed by atoms with Gasteiger partial charge in [-0.25, -0.2) is 0 Å². The number of aryl methyl sites for hydroxylation is 1. The van der Waals surface area contributed by atoms with Crippen molar-refractivity contribution in [3.63, 3.8) is 0 Å². The van der Waals surface area contributed by atoms with E-state index in [2.05, 4.69) is 49.9 Å². The van der Waals surface area contributed by atoms with Crippen LogP contribution >= 0.6 is 0 Å². The second-order valence-corrected chi connectivity index (χ2v) is 6.13. The molecular formula is C18H30N2. The van der Waals surface area contributed by atoms with Crippen LogP contribution in [0.15, 0.2) is 24.3 Å². The van der Waals surface area contributed by atoms with Crippen molar-refractivity contribution in [2.75, 3.05) is 13.1 Å². The highest BCUT2D eigenvalue weighted by molar-refractivity contribution is 5.25. The standard InChI is InChI=1S/C18H30N2/c1-4-14-7-9-16(10-8-14)18(6-3)20-12-11-17(19)15(5-2)13-20/h7-10,15,17-18H,4-6,11-13,19H2,1-3H3. The number of nitrogens with two attached hydrogens (primary N) is 1. The summed E-state index contributed by atoms with van der Waals surface area (Å²) in [7, 11) is 0. The average molecular weight is 274 g/mol. The molecule has 1 saturated heterocycles. The summed E-state index contributed by atoms with van der Waals surface area (Å²) in [6.45, 7) is 9.08. The molecule has 3 unspecified atom stereocenters. The quantitative estimate of drug-likeness (QED) is 0.886. The summed E-state index contributed by atoms with van der Waals surface area (Å²) >= 11 is 0. The van der Waals surface area contributed by atoms with Gasteiger partial charge in [0, 0.05) is 25.2 Å². The number of hydrogen-bond donors (Lipinski definition) is 1. The molecule has 112 valence electrons. The van der Waals surface area contributed by atoms with Gasteiger partial charge in [0.15, 0.2) is 0 Å². The summed E-state index contributed by atoms with van der Waals surface area (Å²) in [6, 6.07) is 10.2. The molecule has 2 N–H and O–H groups in total. The molecule has 20 heavy (non-hydrogen) atoms. The molecule has 1 aromatic carbocycles. The third-order valence-corrected chi connectivity index (χ3v) is 4.95. The van der Waals surface area contributed by atoms with Crippen molar-refractivity contribution in [1.82, 2.24) is 4.90 Å². The molecule has 0 amide bonds. The number of likely N-dealkylation sites (tertiary alicyclic amines) is 1. The van der Waals surface area contributed by atoms with Crippen molar-refractivity contribution >= 4 is 0 Å². The molecule has 3 atom stereocenters. The molecule has 0 bridgehead atoms. The van der Waals surface area contributed by atoms with Gasteiger partial charge in [-0.3, -0.25) is 4.90 Å². The largest absolute Gasteiger partial charge is 0.327 e. The van der Waals surface area contributed by atoms with Gasteiger partial charge in [0.05, 0.1) is 0 Å². The van der Waals surface area contributed by atoms with Gasteiger partial charge in [-0.05, 0) is 36.3 Å². The van der Waals surface area contributed by atoms with E-state index in [9.17, 15) is 0 Å². The van der Waals surface area contributed by atoms with Crippen molar-refractivity contribution in [3.05, 3.63) is 35.4 Å². The smallest absolute Gasteiger partial charge is 0.0345 e. The first-order chi connectivity index (χ1) is 9.69.